The number of nitrogens with zero attached hydrogens (tertiary/aromatic N) is 3. The normalized spacial score (nSPS) is 13.3. The maximum Gasteiger partial charge on any atom is 0.0146 e. The summed E-state index contributed by atoms with van der Waals surface area (Å²) in [5.74, 6) is 0. The first-order chi connectivity index (χ1) is 17.5. The Labute approximate surface area is 237 Å². The summed E-state index contributed by atoms with van der Waals surface area (Å²) >= 11 is -1.63. The van der Waals surface area contributed by atoms with Gasteiger partial charge in [-0.2, -0.15) is 6.67 Å². The number of anilines is 3. The molecular weight excluding hydrogens is 586 g/mol. The molecule has 0 radical (unpaired) electrons. The van der Waals surface area contributed by atoms with Crippen LogP contribution >= 0.6 is 19.4 Å². The minimum Gasteiger partial charge on any atom is -0.502 e. The molecule has 0 aromatic heterocycles. The fourth-order valence-electron chi connectivity index (χ4n) is 5.34. The molecule has 0 atom stereocenters. The first-order valence-corrected chi connectivity index (χ1v) is 18.1. The first-order valence-electron chi connectivity index (χ1n) is 12.6. The number of halogens is 2. The second kappa shape index (κ2) is 13.3. The Bertz CT molecular complexity index is 1160. The molecule has 1 fully saturated rings. The van der Waals surface area contributed by atoms with Crippen LogP contribution in [0.1, 0.15) is 38.9 Å². The molecule has 0 unspecified atom stereocenters. The van der Waals surface area contributed by atoms with Gasteiger partial charge in [0.2, 0.25) is 0 Å². The zero-order valence-corrected chi connectivity index (χ0v) is 26.6. The topological polar surface area (TPSA) is 9.72 Å². The Hall–Kier alpha value is -1.87. The van der Waals surface area contributed by atoms with Gasteiger partial charge in [-0.05, 0) is 63.8 Å². The quantitative estimate of drug-likeness (QED) is 0.210. The van der Waals surface area contributed by atoms with Crippen molar-refractivity contribution < 1.29 is 13.5 Å². The molecule has 1 saturated heterocycles. The van der Waals surface area contributed by atoms with E-state index in [0.717, 1.165) is 19.5 Å². The van der Waals surface area contributed by atoms with E-state index in [9.17, 15) is 0 Å². The van der Waals surface area contributed by atoms with Gasteiger partial charge in [0.25, 0.3) is 0 Å². The molecule has 3 aromatic carbocycles. The third-order valence-electron chi connectivity index (χ3n) is 6.58. The van der Waals surface area contributed by atoms with Gasteiger partial charge in [0.05, 0.1) is 0 Å². The summed E-state index contributed by atoms with van der Waals surface area (Å²) in [7, 11) is 15.7. The number of rotatable bonds is 5. The summed E-state index contributed by atoms with van der Waals surface area (Å²) in [6.45, 7) is 17.6. The van der Waals surface area contributed by atoms with Crippen LogP contribution < -0.4 is 14.7 Å². The molecule has 1 aliphatic heterocycles. The zero-order valence-electron chi connectivity index (χ0n) is 23.3. The van der Waals surface area contributed by atoms with Crippen molar-refractivity contribution in [2.75, 3.05) is 41.9 Å². The third-order valence-corrected chi connectivity index (χ3v) is 8.76. The van der Waals surface area contributed by atoms with E-state index < -0.39 is 13.5 Å². The predicted octanol–water partition coefficient (Wildman–Crippen LogP) is 8.01. The molecule has 4 rings (SSSR count). The van der Waals surface area contributed by atoms with Crippen molar-refractivity contribution in [1.82, 2.24) is 0 Å². The summed E-state index contributed by atoms with van der Waals surface area (Å²) < 4.78 is 2.02. The molecule has 6 heteroatoms. The van der Waals surface area contributed by atoms with Crippen LogP contribution in [-0.4, -0.2) is 31.8 Å². The fourth-order valence-corrected chi connectivity index (χ4v) is 6.64. The third kappa shape index (κ3) is 7.82. The van der Waals surface area contributed by atoms with Crippen LogP contribution in [0.5, 0.6) is 0 Å². The second-order valence-electron chi connectivity index (χ2n) is 10.1. The molecule has 0 N–H and O–H groups in total. The Balaban J connectivity index is 0.000000233. The van der Waals surface area contributed by atoms with Crippen molar-refractivity contribution in [3.63, 3.8) is 0 Å². The van der Waals surface area contributed by atoms with E-state index in [4.69, 9.17) is 19.4 Å². The Morgan fingerprint density at radius 3 is 1.62 bits per heavy atom. The summed E-state index contributed by atoms with van der Waals surface area (Å²) in [6.07, 6.45) is 0.861. The molecule has 3 aromatic rings. The second-order valence-corrected chi connectivity index (χ2v) is 16.0. The molecule has 0 saturated carbocycles. The smallest absolute Gasteiger partial charge is 0.0146 e. The molecule has 0 spiro atoms. The number of para-hydroxylation sites is 1. The number of hydrogen-bond acceptors (Lipinski definition) is 3. The molecule has 0 amide bonds. The molecule has 0 bridgehead atoms. The van der Waals surface area contributed by atoms with Gasteiger partial charge in [-0.3, -0.25) is 0 Å². The van der Waals surface area contributed by atoms with Crippen molar-refractivity contribution in [1.29, 1.82) is 0 Å². The van der Waals surface area contributed by atoms with Crippen LogP contribution in [0.3, 0.4) is 0 Å². The molecule has 37 heavy (non-hydrogen) atoms. The maximum absolute atomic E-state index is 5.80. The summed E-state index contributed by atoms with van der Waals surface area (Å²) in [6, 6.07) is 17.4. The summed E-state index contributed by atoms with van der Waals surface area (Å²) in [4.78, 5) is 6.91. The van der Waals surface area contributed by atoms with E-state index in [-0.39, 0.29) is 0 Å². The summed E-state index contributed by atoms with van der Waals surface area (Å²) in [5, 5.41) is 0. The number of benzene rings is 3. The van der Waals surface area contributed by atoms with E-state index in [1.54, 1.807) is 0 Å². The van der Waals surface area contributed by atoms with Crippen LogP contribution in [0.25, 0.3) is 0 Å². The van der Waals surface area contributed by atoms with Crippen LogP contribution in [-0.2, 0) is 19.9 Å². The Kier molecular flexibility index (Phi) is 10.6. The minimum absolute atomic E-state index is 0.861. The molecule has 1 heterocycles. The van der Waals surface area contributed by atoms with Gasteiger partial charge in [0.1, 0.15) is 0 Å². The molecule has 0 aliphatic carbocycles. The van der Waals surface area contributed by atoms with Crippen LogP contribution in [0.2, 0.25) is 0 Å². The molecule has 202 valence electrons. The van der Waals surface area contributed by atoms with Gasteiger partial charge in [0.15, 0.2) is 0 Å². The monoisotopic (exact) mass is 626 g/mol. The average molecular weight is 627 g/mol. The van der Waals surface area contributed by atoms with Gasteiger partial charge >= 0.3 is 98.4 Å². The molecule has 1 aliphatic rings. The molecule has 3 nitrogen and oxygen atoms in total. The maximum atomic E-state index is 5.80. The van der Waals surface area contributed by atoms with Crippen LogP contribution in [0, 0.1) is 48.2 Å². The van der Waals surface area contributed by atoms with E-state index >= 15 is 0 Å². The van der Waals surface area contributed by atoms with E-state index in [1.807, 2.05) is 30.8 Å². The van der Waals surface area contributed by atoms with Crippen molar-refractivity contribution in [2.45, 2.75) is 48.0 Å². The average Bonchev–Trinajstić information content (AvgIpc) is 3.25. The number of hydrogen-bond donors (Lipinski definition) is 0. The SMILES string of the molecule is CN(C)c1ccccc1C[CH]=[Ru]([Cl])[Cl].Cc1cc(C)c(N2[CH-]N(c3c(C)cc(C)cc3C)CC2)c(C)c1. The summed E-state index contributed by atoms with van der Waals surface area (Å²) in [5.41, 5.74) is 13.3. The standard InChI is InChI=1S/C21H27N2.C10H13N.2ClH.Ru/c1-14-9-16(3)20(17(4)10-14)22-7-8-23(13-22)21-18(5)11-15(2)12-19(21)6;1-4-9-7-5-6-8-10(9)11(2)3;;;/h9-13H,7-8H2,1-6H3;1,5-8H,4H2,2-3H3;2*1H;/q-1;;;;+2/p-2. The first kappa shape index (κ1) is 29.7. The van der Waals surface area contributed by atoms with Crippen LogP contribution in [0.4, 0.5) is 17.1 Å². The fraction of sp³-hybridized carbons (Fsp3) is 0.355. The van der Waals surface area contributed by atoms with Gasteiger partial charge in [-0.1, -0.05) is 35.4 Å². The number of aryl methyl sites for hydroxylation is 6. The Morgan fingerprint density at radius 1 is 0.784 bits per heavy atom. The largest absolute Gasteiger partial charge is 0.502 e. The van der Waals surface area contributed by atoms with E-state index in [2.05, 4.69) is 99.3 Å². The van der Waals surface area contributed by atoms with E-state index in [1.165, 1.54) is 56.0 Å². The predicted molar refractivity (Wildman–Crippen MR) is 163 cm³/mol. The van der Waals surface area contributed by atoms with Gasteiger partial charge < -0.3 is 9.80 Å². The van der Waals surface area contributed by atoms with Gasteiger partial charge in [-0.25, -0.2) is 0 Å². The van der Waals surface area contributed by atoms with Crippen molar-refractivity contribution >= 4 is 41.1 Å². The van der Waals surface area contributed by atoms with E-state index in [0.29, 0.717) is 0 Å². The Morgan fingerprint density at radius 2 is 1.22 bits per heavy atom. The van der Waals surface area contributed by atoms with Gasteiger partial charge in [-0.15, -0.1) is 0 Å². The molecular formula is C31H40Cl2N3Ru-. The van der Waals surface area contributed by atoms with Crippen LogP contribution in [0.15, 0.2) is 48.5 Å². The zero-order chi connectivity index (χ0) is 27.3. The van der Waals surface area contributed by atoms with Crippen molar-refractivity contribution in [3.05, 3.63) is 94.1 Å². The van der Waals surface area contributed by atoms with Crippen molar-refractivity contribution in [2.24, 2.45) is 0 Å². The minimum atomic E-state index is -1.63. The van der Waals surface area contributed by atoms with Gasteiger partial charge in [0, 0.05) is 24.5 Å². The van der Waals surface area contributed by atoms with Crippen molar-refractivity contribution in [3.8, 4) is 0 Å².